The van der Waals surface area contributed by atoms with Crippen molar-refractivity contribution in [3.63, 3.8) is 0 Å². The number of hydrogen-bond donors (Lipinski definition) is 1. The molecule has 0 spiro atoms. The van der Waals surface area contributed by atoms with Crippen molar-refractivity contribution >= 4 is 0 Å². The van der Waals surface area contributed by atoms with Crippen LogP contribution in [0.1, 0.15) is 38.5 Å². The van der Waals surface area contributed by atoms with Crippen molar-refractivity contribution in [2.24, 2.45) is 5.73 Å². The van der Waals surface area contributed by atoms with Crippen LogP contribution in [0.15, 0.2) is 0 Å². The fraction of sp³-hybridized carbons (Fsp3) is 1.00. The fourth-order valence-corrected chi connectivity index (χ4v) is 4.13. The van der Waals surface area contributed by atoms with Gasteiger partial charge in [-0.2, -0.15) is 0 Å². The summed E-state index contributed by atoms with van der Waals surface area (Å²) in [5.74, 6) is 0. The second-order valence-corrected chi connectivity index (χ2v) is 6.45. The molecule has 0 radical (unpaired) electrons. The van der Waals surface area contributed by atoms with Gasteiger partial charge in [0.1, 0.15) is 0 Å². The maximum absolute atomic E-state index is 6.21. The van der Waals surface area contributed by atoms with E-state index in [-0.39, 0.29) is 5.54 Å². The molecular weight excluding hydrogens is 238 g/mol. The van der Waals surface area contributed by atoms with Crippen molar-refractivity contribution in [1.82, 2.24) is 9.80 Å². The molecule has 0 aromatic carbocycles. The van der Waals surface area contributed by atoms with E-state index in [4.69, 9.17) is 10.5 Å². The van der Waals surface area contributed by atoms with E-state index in [0.29, 0.717) is 18.7 Å². The predicted molar refractivity (Wildman–Crippen MR) is 79.3 cm³/mol. The summed E-state index contributed by atoms with van der Waals surface area (Å²) >= 11 is 0. The molecule has 0 bridgehead atoms. The van der Waals surface area contributed by atoms with Gasteiger partial charge in [0.05, 0.1) is 11.6 Å². The van der Waals surface area contributed by atoms with Crippen LogP contribution in [0.5, 0.6) is 0 Å². The van der Waals surface area contributed by atoms with Gasteiger partial charge in [-0.15, -0.1) is 0 Å². The van der Waals surface area contributed by atoms with Crippen LogP contribution in [-0.4, -0.2) is 68.3 Å². The van der Waals surface area contributed by atoms with Gasteiger partial charge in [-0.3, -0.25) is 4.90 Å². The van der Waals surface area contributed by atoms with Gasteiger partial charge in [0.15, 0.2) is 0 Å². The third kappa shape index (κ3) is 2.97. The number of ether oxygens (including phenoxy) is 1. The Bertz CT molecular complexity index is 287. The van der Waals surface area contributed by atoms with Crippen LogP contribution in [0.3, 0.4) is 0 Å². The average molecular weight is 269 g/mol. The van der Waals surface area contributed by atoms with Gasteiger partial charge in [0.2, 0.25) is 0 Å². The Morgan fingerprint density at radius 1 is 1.32 bits per heavy atom. The van der Waals surface area contributed by atoms with Crippen molar-refractivity contribution in [3.8, 4) is 0 Å². The standard InChI is InChI=1S/C15H31N3O/c1-17-10-6-7-13(11-17)18(2)15(12-16)9-5-4-8-14(15)19-3/h13-14H,4-12,16H2,1-3H3. The first kappa shape index (κ1) is 15.2. The number of nitrogens with two attached hydrogens (primary N) is 1. The highest BCUT2D eigenvalue weighted by Crippen LogP contribution is 2.36. The van der Waals surface area contributed by atoms with E-state index in [2.05, 4.69) is 23.9 Å². The molecule has 2 fully saturated rings. The van der Waals surface area contributed by atoms with E-state index in [9.17, 15) is 0 Å². The molecule has 2 N–H and O–H groups in total. The first-order valence-electron chi connectivity index (χ1n) is 7.78. The maximum atomic E-state index is 6.21. The summed E-state index contributed by atoms with van der Waals surface area (Å²) in [6.45, 7) is 3.10. The molecule has 112 valence electrons. The van der Waals surface area contributed by atoms with E-state index in [1.54, 1.807) is 0 Å². The van der Waals surface area contributed by atoms with Gasteiger partial charge in [-0.25, -0.2) is 0 Å². The second-order valence-electron chi connectivity index (χ2n) is 6.45. The predicted octanol–water partition coefficient (Wildman–Crippen LogP) is 1.30. The molecule has 2 rings (SSSR count). The van der Waals surface area contributed by atoms with Crippen LogP contribution in [0.25, 0.3) is 0 Å². The first-order chi connectivity index (χ1) is 9.14. The molecule has 0 amide bonds. The maximum Gasteiger partial charge on any atom is 0.0767 e. The summed E-state index contributed by atoms with van der Waals surface area (Å²) in [5, 5.41) is 0. The van der Waals surface area contributed by atoms with Crippen molar-refractivity contribution in [2.45, 2.75) is 56.2 Å². The van der Waals surface area contributed by atoms with Gasteiger partial charge in [0, 0.05) is 26.2 Å². The highest BCUT2D eigenvalue weighted by molar-refractivity contribution is 5.02. The highest BCUT2D eigenvalue weighted by atomic mass is 16.5. The molecule has 1 saturated heterocycles. The van der Waals surface area contributed by atoms with Crippen molar-refractivity contribution < 1.29 is 4.74 Å². The van der Waals surface area contributed by atoms with Crippen LogP contribution in [0, 0.1) is 0 Å². The van der Waals surface area contributed by atoms with Gasteiger partial charge >= 0.3 is 0 Å². The van der Waals surface area contributed by atoms with Crippen molar-refractivity contribution in [1.29, 1.82) is 0 Å². The van der Waals surface area contributed by atoms with Crippen molar-refractivity contribution in [3.05, 3.63) is 0 Å². The first-order valence-corrected chi connectivity index (χ1v) is 7.78. The lowest BCUT2D eigenvalue weighted by molar-refractivity contribution is -0.0882. The minimum absolute atomic E-state index is 0.0514. The zero-order chi connectivity index (χ0) is 13.9. The Morgan fingerprint density at radius 2 is 2.11 bits per heavy atom. The Labute approximate surface area is 118 Å². The molecular formula is C15H31N3O. The summed E-state index contributed by atoms with van der Waals surface area (Å²) < 4.78 is 5.80. The zero-order valence-electron chi connectivity index (χ0n) is 12.9. The van der Waals surface area contributed by atoms with E-state index >= 15 is 0 Å². The Kier molecular flexibility index (Phi) is 5.23. The number of likely N-dealkylation sites (N-methyl/N-ethyl adjacent to an activating group) is 2. The van der Waals surface area contributed by atoms with Crippen LogP contribution in [0.2, 0.25) is 0 Å². The molecule has 3 atom stereocenters. The number of hydrogen-bond acceptors (Lipinski definition) is 4. The monoisotopic (exact) mass is 269 g/mol. The van der Waals surface area contributed by atoms with Crippen LogP contribution >= 0.6 is 0 Å². The SMILES string of the molecule is COC1CCCCC1(CN)N(C)C1CCCN(C)C1. The quantitative estimate of drug-likeness (QED) is 0.835. The summed E-state index contributed by atoms with van der Waals surface area (Å²) in [5.41, 5.74) is 6.26. The third-order valence-corrected chi connectivity index (χ3v) is 5.41. The molecule has 0 aromatic heterocycles. The van der Waals surface area contributed by atoms with Crippen LogP contribution in [0.4, 0.5) is 0 Å². The molecule has 3 unspecified atom stereocenters. The Hall–Kier alpha value is -0.160. The smallest absolute Gasteiger partial charge is 0.0767 e. The second kappa shape index (κ2) is 6.53. The molecule has 2 aliphatic rings. The zero-order valence-corrected chi connectivity index (χ0v) is 12.9. The van der Waals surface area contributed by atoms with Gasteiger partial charge < -0.3 is 15.4 Å². The molecule has 4 heteroatoms. The molecule has 1 saturated carbocycles. The fourth-order valence-electron chi connectivity index (χ4n) is 4.13. The molecule has 0 aromatic rings. The number of likely N-dealkylation sites (tertiary alicyclic amines) is 1. The topological polar surface area (TPSA) is 41.7 Å². The minimum Gasteiger partial charge on any atom is -0.379 e. The average Bonchev–Trinajstić information content (AvgIpc) is 2.46. The van der Waals surface area contributed by atoms with Crippen molar-refractivity contribution in [2.75, 3.05) is 40.8 Å². The van der Waals surface area contributed by atoms with Crippen LogP contribution < -0.4 is 5.73 Å². The highest BCUT2D eigenvalue weighted by Gasteiger charge is 2.45. The van der Waals surface area contributed by atoms with Gasteiger partial charge in [-0.05, 0) is 46.3 Å². The normalized spacial score (nSPS) is 37.7. The summed E-state index contributed by atoms with van der Waals surface area (Å²) in [7, 11) is 6.35. The summed E-state index contributed by atoms with van der Waals surface area (Å²) in [6, 6.07) is 0.623. The van der Waals surface area contributed by atoms with E-state index < -0.39 is 0 Å². The van der Waals surface area contributed by atoms with Crippen LogP contribution in [-0.2, 0) is 4.74 Å². The molecule has 19 heavy (non-hydrogen) atoms. The summed E-state index contributed by atoms with van der Waals surface area (Å²) in [4.78, 5) is 5.01. The number of rotatable bonds is 4. The van der Waals surface area contributed by atoms with E-state index in [1.165, 1.54) is 38.6 Å². The van der Waals surface area contributed by atoms with Gasteiger partial charge in [0.25, 0.3) is 0 Å². The lowest BCUT2D eigenvalue weighted by Crippen LogP contribution is -2.66. The number of nitrogens with zero attached hydrogens (tertiary/aromatic N) is 2. The lowest BCUT2D eigenvalue weighted by atomic mass is 9.76. The molecule has 4 nitrogen and oxygen atoms in total. The number of methoxy groups -OCH3 is 1. The number of piperidine rings is 1. The molecule has 1 heterocycles. The minimum atomic E-state index is 0.0514. The molecule has 1 aliphatic carbocycles. The molecule has 1 aliphatic heterocycles. The lowest BCUT2D eigenvalue weighted by Gasteiger charge is -2.53. The van der Waals surface area contributed by atoms with Gasteiger partial charge in [-0.1, -0.05) is 12.8 Å². The van der Waals surface area contributed by atoms with E-state index in [0.717, 1.165) is 13.0 Å². The Balaban J connectivity index is 2.13. The Morgan fingerprint density at radius 3 is 2.74 bits per heavy atom. The third-order valence-electron chi connectivity index (χ3n) is 5.41. The summed E-state index contributed by atoms with van der Waals surface area (Å²) in [6.07, 6.45) is 7.77. The van der Waals surface area contributed by atoms with E-state index in [1.807, 2.05) is 7.11 Å². The largest absolute Gasteiger partial charge is 0.379 e.